The first-order chi connectivity index (χ1) is 4.74. The first-order valence-corrected chi connectivity index (χ1v) is 3.05. The van der Waals surface area contributed by atoms with E-state index < -0.39 is 0 Å². The molecule has 0 unspecified atom stereocenters. The second-order valence-electron chi connectivity index (χ2n) is 2.23. The number of hydrogen-bond acceptors (Lipinski definition) is 1. The molecule has 0 N–H and O–H groups in total. The van der Waals surface area contributed by atoms with E-state index in [1.807, 2.05) is 6.92 Å². The van der Waals surface area contributed by atoms with Gasteiger partial charge in [0, 0.05) is 5.56 Å². The van der Waals surface area contributed by atoms with Gasteiger partial charge in [-0.1, -0.05) is 23.2 Å². The third-order valence-electron chi connectivity index (χ3n) is 1.43. The van der Waals surface area contributed by atoms with Gasteiger partial charge in [0.05, 0.1) is 0 Å². The minimum Gasteiger partial charge on any atom is -0.298 e. The highest BCUT2D eigenvalue weighted by Gasteiger charge is 1.92. The standard InChI is InChI=1S/C8H7BO/c1-6-4-7(5-10)2-3-8(6)9/h2-5H,1H3. The van der Waals surface area contributed by atoms with E-state index in [0.29, 0.717) is 5.56 Å². The maximum atomic E-state index is 10.2. The second-order valence-corrected chi connectivity index (χ2v) is 2.23. The quantitative estimate of drug-likeness (QED) is 0.401. The van der Waals surface area contributed by atoms with Gasteiger partial charge in [0.15, 0.2) is 0 Å². The number of hydrogen-bond donors (Lipinski definition) is 0. The van der Waals surface area contributed by atoms with E-state index >= 15 is 0 Å². The first kappa shape index (κ1) is 7.07. The molecule has 1 aromatic carbocycles. The first-order valence-electron chi connectivity index (χ1n) is 3.05. The fraction of sp³-hybridized carbons (Fsp3) is 0.125. The average Bonchev–Trinajstić information content (AvgIpc) is 1.95. The van der Waals surface area contributed by atoms with E-state index in [1.165, 1.54) is 0 Å². The molecule has 48 valence electrons. The largest absolute Gasteiger partial charge is 0.298 e. The Morgan fingerprint density at radius 3 is 2.70 bits per heavy atom. The zero-order valence-corrected chi connectivity index (χ0v) is 5.79. The normalized spacial score (nSPS) is 9.30. The number of benzene rings is 1. The Bertz CT molecular complexity index is 255. The van der Waals surface area contributed by atoms with E-state index in [-0.39, 0.29) is 0 Å². The Hall–Kier alpha value is -1.05. The van der Waals surface area contributed by atoms with Crippen LogP contribution in [-0.2, 0) is 0 Å². The van der Waals surface area contributed by atoms with Gasteiger partial charge in [-0.05, 0) is 13.0 Å². The topological polar surface area (TPSA) is 17.1 Å². The minimum absolute atomic E-state index is 0.673. The summed E-state index contributed by atoms with van der Waals surface area (Å²) >= 11 is 0. The van der Waals surface area contributed by atoms with Crippen molar-refractivity contribution in [1.29, 1.82) is 0 Å². The van der Waals surface area contributed by atoms with Crippen LogP contribution in [0.25, 0.3) is 0 Å². The molecule has 0 atom stereocenters. The molecule has 0 aliphatic carbocycles. The van der Waals surface area contributed by atoms with Crippen LogP contribution in [0.5, 0.6) is 0 Å². The molecule has 1 rings (SSSR count). The molecule has 0 aromatic heterocycles. The second kappa shape index (κ2) is 2.69. The summed E-state index contributed by atoms with van der Waals surface area (Å²) < 4.78 is 0. The zero-order valence-electron chi connectivity index (χ0n) is 5.79. The summed E-state index contributed by atoms with van der Waals surface area (Å²) in [4.78, 5) is 10.2. The van der Waals surface area contributed by atoms with Gasteiger partial charge in [-0.15, -0.1) is 0 Å². The van der Waals surface area contributed by atoms with Gasteiger partial charge in [0.1, 0.15) is 14.1 Å². The predicted molar refractivity (Wildman–Crippen MR) is 42.0 cm³/mol. The number of aryl methyl sites for hydroxylation is 1. The van der Waals surface area contributed by atoms with Gasteiger partial charge in [-0.2, -0.15) is 0 Å². The smallest absolute Gasteiger partial charge is 0.150 e. The average molecular weight is 130 g/mol. The maximum absolute atomic E-state index is 10.2. The van der Waals surface area contributed by atoms with Crippen LogP contribution in [0, 0.1) is 6.92 Å². The number of carbonyl (C=O) groups excluding carboxylic acids is 1. The Morgan fingerprint density at radius 2 is 2.20 bits per heavy atom. The fourth-order valence-electron chi connectivity index (χ4n) is 0.772. The lowest BCUT2D eigenvalue weighted by atomic mass is 9.90. The van der Waals surface area contributed by atoms with Crippen molar-refractivity contribution in [1.82, 2.24) is 0 Å². The maximum Gasteiger partial charge on any atom is 0.150 e. The molecule has 0 aliphatic heterocycles. The molecule has 10 heavy (non-hydrogen) atoms. The van der Waals surface area contributed by atoms with Crippen molar-refractivity contribution in [3.05, 3.63) is 29.3 Å². The molecule has 1 nitrogen and oxygen atoms in total. The van der Waals surface area contributed by atoms with Crippen LogP contribution < -0.4 is 5.46 Å². The van der Waals surface area contributed by atoms with Crippen molar-refractivity contribution in [2.24, 2.45) is 0 Å². The van der Waals surface area contributed by atoms with Gasteiger partial charge >= 0.3 is 0 Å². The van der Waals surface area contributed by atoms with Crippen LogP contribution in [0.15, 0.2) is 18.2 Å². The van der Waals surface area contributed by atoms with Crippen LogP contribution in [0.4, 0.5) is 0 Å². The molecule has 0 spiro atoms. The Balaban J connectivity index is 3.16. The molecule has 0 amide bonds. The van der Waals surface area contributed by atoms with Crippen LogP contribution in [0.2, 0.25) is 0 Å². The van der Waals surface area contributed by atoms with Crippen molar-refractivity contribution >= 4 is 19.6 Å². The van der Waals surface area contributed by atoms with Crippen molar-refractivity contribution in [3.8, 4) is 0 Å². The van der Waals surface area contributed by atoms with Crippen molar-refractivity contribution < 1.29 is 4.79 Å². The molecule has 0 bridgehead atoms. The summed E-state index contributed by atoms with van der Waals surface area (Å²) in [5.41, 5.74) is 2.35. The third-order valence-corrected chi connectivity index (χ3v) is 1.43. The van der Waals surface area contributed by atoms with E-state index in [4.69, 9.17) is 7.85 Å². The summed E-state index contributed by atoms with van der Waals surface area (Å²) in [6.07, 6.45) is 0.812. The predicted octanol–water partition coefficient (Wildman–Crippen LogP) is 0.601. The van der Waals surface area contributed by atoms with Gasteiger partial charge < -0.3 is 0 Å². The van der Waals surface area contributed by atoms with Crippen LogP contribution >= 0.6 is 0 Å². The van der Waals surface area contributed by atoms with E-state index in [1.54, 1.807) is 18.2 Å². The lowest BCUT2D eigenvalue weighted by Crippen LogP contribution is -2.06. The van der Waals surface area contributed by atoms with E-state index in [2.05, 4.69) is 0 Å². The molecule has 0 saturated carbocycles. The van der Waals surface area contributed by atoms with Gasteiger partial charge in [-0.25, -0.2) is 0 Å². The summed E-state index contributed by atoms with van der Waals surface area (Å²) in [5.74, 6) is 0. The Morgan fingerprint density at radius 1 is 1.50 bits per heavy atom. The van der Waals surface area contributed by atoms with Crippen LogP contribution in [0.3, 0.4) is 0 Å². The van der Waals surface area contributed by atoms with E-state index in [0.717, 1.165) is 17.3 Å². The third kappa shape index (κ3) is 1.27. The fourth-order valence-corrected chi connectivity index (χ4v) is 0.772. The lowest BCUT2D eigenvalue weighted by molar-refractivity contribution is 0.112. The molecule has 2 radical (unpaired) electrons. The molecule has 0 aliphatic rings. The highest BCUT2D eigenvalue weighted by Crippen LogP contribution is 1.96. The van der Waals surface area contributed by atoms with Crippen molar-refractivity contribution in [3.63, 3.8) is 0 Å². The highest BCUT2D eigenvalue weighted by molar-refractivity contribution is 6.33. The minimum atomic E-state index is 0.673. The molecule has 0 heterocycles. The highest BCUT2D eigenvalue weighted by atomic mass is 16.1. The molecule has 0 saturated heterocycles. The zero-order chi connectivity index (χ0) is 7.56. The Kier molecular flexibility index (Phi) is 1.90. The molecule has 0 fully saturated rings. The monoisotopic (exact) mass is 130 g/mol. The lowest BCUT2D eigenvalue weighted by Gasteiger charge is -1.98. The van der Waals surface area contributed by atoms with Crippen molar-refractivity contribution in [2.75, 3.05) is 0 Å². The molecular weight excluding hydrogens is 123 g/mol. The number of aldehydes is 1. The van der Waals surface area contributed by atoms with Crippen LogP contribution in [0.1, 0.15) is 15.9 Å². The van der Waals surface area contributed by atoms with Gasteiger partial charge in [0.25, 0.3) is 0 Å². The number of rotatable bonds is 1. The Labute approximate surface area is 61.5 Å². The number of carbonyl (C=O) groups is 1. The SMILES string of the molecule is [B]c1ccc(C=O)cc1C. The summed E-state index contributed by atoms with van der Waals surface area (Å²) in [7, 11) is 5.53. The van der Waals surface area contributed by atoms with Gasteiger partial charge in [-0.3, -0.25) is 4.79 Å². The summed E-state index contributed by atoms with van der Waals surface area (Å²) in [6, 6.07) is 5.21. The summed E-state index contributed by atoms with van der Waals surface area (Å²) in [6.45, 7) is 1.88. The summed E-state index contributed by atoms with van der Waals surface area (Å²) in [5, 5.41) is 0. The van der Waals surface area contributed by atoms with Crippen molar-refractivity contribution in [2.45, 2.75) is 6.92 Å². The molecule has 1 aromatic rings. The molecule has 2 heteroatoms. The molecular formula is C8H7BO. The van der Waals surface area contributed by atoms with Crippen LogP contribution in [-0.4, -0.2) is 14.1 Å². The van der Waals surface area contributed by atoms with Gasteiger partial charge in [0.2, 0.25) is 0 Å². The van der Waals surface area contributed by atoms with E-state index in [9.17, 15) is 4.79 Å².